The predicted molar refractivity (Wildman–Crippen MR) is 106 cm³/mol. The molecule has 142 valence electrons. The van der Waals surface area contributed by atoms with Gasteiger partial charge in [-0.25, -0.2) is 0 Å². The normalized spacial score (nSPS) is 16.0. The van der Waals surface area contributed by atoms with E-state index in [1.807, 2.05) is 42.3 Å². The summed E-state index contributed by atoms with van der Waals surface area (Å²) in [5.74, 6) is -0.246. The molecule has 6 heteroatoms. The van der Waals surface area contributed by atoms with E-state index in [-0.39, 0.29) is 24.5 Å². The number of carbonyl (C=O) groups excluding carboxylic acids is 2. The molecular weight excluding hydrogens is 342 g/mol. The van der Waals surface area contributed by atoms with Crippen LogP contribution in [-0.2, 0) is 9.53 Å². The molecule has 0 saturated carbocycles. The van der Waals surface area contributed by atoms with Crippen molar-refractivity contribution in [2.75, 3.05) is 37.0 Å². The predicted octanol–water partition coefficient (Wildman–Crippen LogP) is 2.67. The number of ether oxygens (including phenoxy) is 1. The molecule has 2 amide bonds. The van der Waals surface area contributed by atoms with Crippen LogP contribution in [0.15, 0.2) is 54.6 Å². The van der Waals surface area contributed by atoms with Crippen molar-refractivity contribution in [3.05, 3.63) is 60.2 Å². The van der Waals surface area contributed by atoms with Crippen molar-refractivity contribution in [1.82, 2.24) is 5.32 Å². The van der Waals surface area contributed by atoms with Gasteiger partial charge in [-0.1, -0.05) is 18.2 Å². The van der Waals surface area contributed by atoms with E-state index in [9.17, 15) is 9.59 Å². The Balaban J connectivity index is 1.48. The number of para-hydroxylation sites is 1. The van der Waals surface area contributed by atoms with E-state index < -0.39 is 0 Å². The number of benzene rings is 2. The van der Waals surface area contributed by atoms with Crippen LogP contribution in [-0.4, -0.2) is 44.7 Å². The second-order valence-electron chi connectivity index (χ2n) is 6.66. The molecule has 1 aliphatic rings. The van der Waals surface area contributed by atoms with Gasteiger partial charge in [-0.3, -0.25) is 9.59 Å². The van der Waals surface area contributed by atoms with Crippen LogP contribution in [0.25, 0.3) is 0 Å². The second kappa shape index (κ2) is 9.19. The van der Waals surface area contributed by atoms with Gasteiger partial charge in [0, 0.05) is 37.1 Å². The average molecular weight is 367 g/mol. The third-order valence-electron chi connectivity index (χ3n) is 4.52. The number of likely N-dealkylation sites (N-methyl/N-ethyl adjacent to an activating group) is 1. The molecule has 0 aromatic heterocycles. The molecule has 2 N–H and O–H groups in total. The first kappa shape index (κ1) is 18.9. The standard InChI is InChI=1S/C21H25N3O3/c1-24(18-6-3-2-4-7-18)15-20(25)23-17-11-9-16(10-12-17)21(26)22-14-19-8-5-13-27-19/h2-4,6-7,9-12,19H,5,8,13-15H2,1H3,(H,22,26)(H,23,25). The molecule has 27 heavy (non-hydrogen) atoms. The lowest BCUT2D eigenvalue weighted by molar-refractivity contribution is -0.114. The molecule has 6 nitrogen and oxygen atoms in total. The van der Waals surface area contributed by atoms with E-state index in [1.165, 1.54) is 0 Å². The Kier molecular flexibility index (Phi) is 6.44. The monoisotopic (exact) mass is 367 g/mol. The second-order valence-corrected chi connectivity index (χ2v) is 6.66. The van der Waals surface area contributed by atoms with E-state index in [2.05, 4.69) is 10.6 Å². The zero-order chi connectivity index (χ0) is 19.1. The fraction of sp³-hybridized carbons (Fsp3) is 0.333. The number of nitrogens with one attached hydrogen (secondary N) is 2. The molecule has 2 aromatic rings. The van der Waals surface area contributed by atoms with Crippen molar-refractivity contribution in [3.8, 4) is 0 Å². The van der Waals surface area contributed by atoms with E-state index >= 15 is 0 Å². The molecule has 1 aliphatic heterocycles. The number of amides is 2. The maximum absolute atomic E-state index is 12.2. The Labute approximate surface area is 159 Å². The minimum atomic E-state index is -0.132. The van der Waals surface area contributed by atoms with Crippen LogP contribution in [0.5, 0.6) is 0 Å². The maximum atomic E-state index is 12.2. The number of rotatable bonds is 7. The van der Waals surface area contributed by atoms with Gasteiger partial charge >= 0.3 is 0 Å². The first-order valence-electron chi connectivity index (χ1n) is 9.18. The molecule has 0 radical (unpaired) electrons. The molecule has 0 bridgehead atoms. The highest BCUT2D eigenvalue weighted by Gasteiger charge is 2.16. The first-order chi connectivity index (χ1) is 13.1. The molecule has 1 atom stereocenters. The molecule has 2 aromatic carbocycles. The lowest BCUT2D eigenvalue weighted by atomic mass is 10.2. The SMILES string of the molecule is CN(CC(=O)Nc1ccc(C(=O)NCC2CCCO2)cc1)c1ccccc1. The first-order valence-corrected chi connectivity index (χ1v) is 9.18. The molecular formula is C21H25N3O3. The molecule has 3 rings (SSSR count). The maximum Gasteiger partial charge on any atom is 0.251 e. The Morgan fingerprint density at radius 3 is 2.52 bits per heavy atom. The van der Waals surface area contributed by atoms with Gasteiger partial charge in [0.1, 0.15) is 0 Å². The van der Waals surface area contributed by atoms with Crippen LogP contribution in [0.1, 0.15) is 23.2 Å². The summed E-state index contributed by atoms with van der Waals surface area (Å²) in [6, 6.07) is 16.6. The van der Waals surface area contributed by atoms with Crippen LogP contribution in [0.4, 0.5) is 11.4 Å². The van der Waals surface area contributed by atoms with Crippen molar-refractivity contribution in [2.24, 2.45) is 0 Å². The highest BCUT2D eigenvalue weighted by molar-refractivity contribution is 5.96. The van der Waals surface area contributed by atoms with Crippen molar-refractivity contribution in [1.29, 1.82) is 0 Å². The van der Waals surface area contributed by atoms with Gasteiger partial charge < -0.3 is 20.3 Å². The Bertz CT molecular complexity index is 756. The summed E-state index contributed by atoms with van der Waals surface area (Å²) in [6.07, 6.45) is 2.16. The molecule has 0 aliphatic carbocycles. The van der Waals surface area contributed by atoms with E-state index in [4.69, 9.17) is 4.74 Å². The van der Waals surface area contributed by atoms with Gasteiger partial charge in [0.25, 0.3) is 5.91 Å². The summed E-state index contributed by atoms with van der Waals surface area (Å²) in [6.45, 7) is 1.55. The number of hydrogen-bond acceptors (Lipinski definition) is 4. The topological polar surface area (TPSA) is 70.7 Å². The van der Waals surface area contributed by atoms with Gasteiger partial charge in [-0.05, 0) is 49.2 Å². The van der Waals surface area contributed by atoms with Gasteiger partial charge in [0.05, 0.1) is 12.6 Å². The number of hydrogen-bond donors (Lipinski definition) is 2. The smallest absolute Gasteiger partial charge is 0.251 e. The summed E-state index contributed by atoms with van der Waals surface area (Å²) in [5, 5.41) is 5.74. The van der Waals surface area contributed by atoms with Gasteiger partial charge in [0.2, 0.25) is 5.91 Å². The summed E-state index contributed by atoms with van der Waals surface area (Å²) in [7, 11) is 1.87. The van der Waals surface area contributed by atoms with Gasteiger partial charge in [-0.15, -0.1) is 0 Å². The van der Waals surface area contributed by atoms with Gasteiger partial charge in [0.15, 0.2) is 0 Å². The lowest BCUT2D eigenvalue weighted by Gasteiger charge is -2.18. The van der Waals surface area contributed by atoms with Gasteiger partial charge in [-0.2, -0.15) is 0 Å². The largest absolute Gasteiger partial charge is 0.376 e. The summed E-state index contributed by atoms with van der Waals surface area (Å²) in [4.78, 5) is 26.3. The average Bonchev–Trinajstić information content (AvgIpc) is 3.21. The zero-order valence-electron chi connectivity index (χ0n) is 15.5. The molecule has 0 spiro atoms. The third kappa shape index (κ3) is 5.56. The van der Waals surface area contributed by atoms with Crippen molar-refractivity contribution in [3.63, 3.8) is 0 Å². The fourth-order valence-electron chi connectivity index (χ4n) is 3.01. The van der Waals surface area contributed by atoms with Crippen LogP contribution >= 0.6 is 0 Å². The quantitative estimate of drug-likeness (QED) is 0.789. The van der Waals surface area contributed by atoms with Crippen molar-refractivity contribution < 1.29 is 14.3 Å². The van der Waals surface area contributed by atoms with Crippen LogP contribution in [0.2, 0.25) is 0 Å². The van der Waals surface area contributed by atoms with Crippen molar-refractivity contribution >= 4 is 23.2 Å². The Morgan fingerprint density at radius 1 is 1.11 bits per heavy atom. The summed E-state index contributed by atoms with van der Waals surface area (Å²) in [5.41, 5.74) is 2.20. The molecule has 1 saturated heterocycles. The number of carbonyl (C=O) groups is 2. The van der Waals surface area contributed by atoms with Crippen LogP contribution in [0.3, 0.4) is 0 Å². The summed E-state index contributed by atoms with van der Waals surface area (Å²) < 4.78 is 5.50. The third-order valence-corrected chi connectivity index (χ3v) is 4.52. The number of nitrogens with zero attached hydrogens (tertiary/aromatic N) is 1. The Morgan fingerprint density at radius 2 is 1.85 bits per heavy atom. The summed E-state index contributed by atoms with van der Waals surface area (Å²) >= 11 is 0. The van der Waals surface area contributed by atoms with E-state index in [1.54, 1.807) is 24.3 Å². The zero-order valence-corrected chi connectivity index (χ0v) is 15.5. The molecule has 1 heterocycles. The molecule has 1 unspecified atom stereocenters. The highest BCUT2D eigenvalue weighted by atomic mass is 16.5. The van der Waals surface area contributed by atoms with Crippen LogP contribution < -0.4 is 15.5 Å². The highest BCUT2D eigenvalue weighted by Crippen LogP contribution is 2.13. The van der Waals surface area contributed by atoms with E-state index in [0.29, 0.717) is 17.8 Å². The number of anilines is 2. The minimum Gasteiger partial charge on any atom is -0.376 e. The minimum absolute atomic E-state index is 0.114. The van der Waals surface area contributed by atoms with Crippen molar-refractivity contribution in [2.45, 2.75) is 18.9 Å². The Hall–Kier alpha value is -2.86. The fourth-order valence-corrected chi connectivity index (χ4v) is 3.01. The van der Waals surface area contributed by atoms with E-state index in [0.717, 1.165) is 25.1 Å². The van der Waals surface area contributed by atoms with Crippen LogP contribution in [0, 0.1) is 0 Å². The lowest BCUT2D eigenvalue weighted by Crippen LogP contribution is -2.31. The molecule has 1 fully saturated rings.